The van der Waals surface area contributed by atoms with E-state index in [0.29, 0.717) is 0 Å². The summed E-state index contributed by atoms with van der Waals surface area (Å²) in [7, 11) is 0. The summed E-state index contributed by atoms with van der Waals surface area (Å²) < 4.78 is 0. The highest BCUT2D eigenvalue weighted by atomic mass is 16.3. The Bertz CT molecular complexity index is 590. The number of nitrogens with one attached hydrogen (secondary N) is 1. The molecule has 22 heavy (non-hydrogen) atoms. The van der Waals surface area contributed by atoms with Gasteiger partial charge >= 0.3 is 0 Å². The number of imide groups is 1. The number of hydrogen-bond donors (Lipinski definition) is 2. The summed E-state index contributed by atoms with van der Waals surface area (Å²) in [6, 6.07) is 5.19. The lowest BCUT2D eigenvalue weighted by atomic mass is 10.1. The van der Waals surface area contributed by atoms with Crippen molar-refractivity contribution >= 4 is 17.7 Å². The zero-order valence-electron chi connectivity index (χ0n) is 12.0. The maximum Gasteiger partial charge on any atom is 0.262 e. The quantitative estimate of drug-likeness (QED) is 0.750. The largest absolute Gasteiger partial charge is 0.394 e. The summed E-state index contributed by atoms with van der Waals surface area (Å²) in [5.74, 6) is -1.63. The highest BCUT2D eigenvalue weighted by Gasteiger charge is 2.42. The summed E-state index contributed by atoms with van der Waals surface area (Å²) in [6.45, 7) is 0.850. The van der Waals surface area contributed by atoms with E-state index in [1.54, 1.807) is 29.3 Å². The highest BCUT2D eigenvalue weighted by Crippen LogP contribution is 2.24. The fourth-order valence-electron chi connectivity index (χ4n) is 2.83. The Labute approximate surface area is 127 Å². The van der Waals surface area contributed by atoms with Gasteiger partial charge in [-0.1, -0.05) is 12.1 Å². The van der Waals surface area contributed by atoms with Crippen LogP contribution in [0.3, 0.4) is 0 Å². The van der Waals surface area contributed by atoms with Gasteiger partial charge in [0, 0.05) is 13.1 Å². The van der Waals surface area contributed by atoms with Crippen LogP contribution in [0.2, 0.25) is 0 Å². The summed E-state index contributed by atoms with van der Waals surface area (Å²) in [5.41, 5.74) is 3.19. The van der Waals surface area contributed by atoms with E-state index < -0.39 is 30.4 Å². The van der Waals surface area contributed by atoms with E-state index in [-0.39, 0.29) is 11.1 Å². The maximum atomic E-state index is 12.3. The first kappa shape index (κ1) is 14.7. The van der Waals surface area contributed by atoms with E-state index in [0.717, 1.165) is 30.8 Å². The van der Waals surface area contributed by atoms with Crippen molar-refractivity contribution in [1.29, 1.82) is 0 Å². The van der Waals surface area contributed by atoms with E-state index in [9.17, 15) is 19.5 Å². The maximum absolute atomic E-state index is 12.3. The van der Waals surface area contributed by atoms with Crippen molar-refractivity contribution in [2.24, 2.45) is 0 Å². The van der Waals surface area contributed by atoms with Crippen LogP contribution in [0.5, 0.6) is 0 Å². The van der Waals surface area contributed by atoms with Crippen LogP contribution in [-0.4, -0.2) is 58.5 Å². The number of rotatable bonds is 4. The molecule has 3 amide bonds. The van der Waals surface area contributed by atoms with Crippen molar-refractivity contribution in [3.05, 3.63) is 35.4 Å². The molecule has 116 valence electrons. The number of carbonyl (C=O) groups is 3. The molecule has 1 aromatic carbocycles. The lowest BCUT2D eigenvalue weighted by Crippen LogP contribution is -2.55. The van der Waals surface area contributed by atoms with Crippen LogP contribution in [0.4, 0.5) is 0 Å². The molecule has 1 fully saturated rings. The number of nitrogens with zero attached hydrogens (tertiary/aromatic N) is 2. The van der Waals surface area contributed by atoms with Gasteiger partial charge in [-0.25, -0.2) is 5.01 Å². The van der Waals surface area contributed by atoms with Crippen molar-refractivity contribution < 1.29 is 19.5 Å². The van der Waals surface area contributed by atoms with Gasteiger partial charge in [-0.2, -0.15) is 0 Å². The zero-order valence-corrected chi connectivity index (χ0v) is 12.0. The first-order valence-corrected chi connectivity index (χ1v) is 7.26. The van der Waals surface area contributed by atoms with E-state index in [1.165, 1.54) is 0 Å². The van der Waals surface area contributed by atoms with Crippen molar-refractivity contribution in [3.63, 3.8) is 0 Å². The van der Waals surface area contributed by atoms with Gasteiger partial charge in [-0.15, -0.1) is 0 Å². The monoisotopic (exact) mass is 303 g/mol. The average molecular weight is 303 g/mol. The predicted molar refractivity (Wildman–Crippen MR) is 76.8 cm³/mol. The minimum absolute atomic E-state index is 0.264. The minimum Gasteiger partial charge on any atom is -0.394 e. The Morgan fingerprint density at radius 3 is 2.18 bits per heavy atom. The first-order valence-electron chi connectivity index (χ1n) is 7.26. The topological polar surface area (TPSA) is 90.0 Å². The molecule has 1 atom stereocenters. The van der Waals surface area contributed by atoms with Crippen molar-refractivity contribution in [3.8, 4) is 0 Å². The lowest BCUT2D eigenvalue weighted by molar-refractivity contribution is -0.130. The van der Waals surface area contributed by atoms with Gasteiger partial charge in [-0.3, -0.25) is 24.7 Å². The molecule has 0 aromatic heterocycles. The number of amides is 3. The molecule has 1 saturated heterocycles. The Balaban J connectivity index is 1.81. The summed E-state index contributed by atoms with van der Waals surface area (Å²) >= 11 is 0. The van der Waals surface area contributed by atoms with Gasteiger partial charge in [0.1, 0.15) is 6.04 Å². The number of hydrogen-bond acceptors (Lipinski definition) is 5. The van der Waals surface area contributed by atoms with Crippen LogP contribution >= 0.6 is 0 Å². The molecular formula is C15H17N3O4. The summed E-state index contributed by atoms with van der Waals surface area (Å²) in [6.07, 6.45) is 1.97. The fraction of sp³-hybridized carbons (Fsp3) is 0.400. The molecule has 2 N–H and O–H groups in total. The third-order valence-corrected chi connectivity index (χ3v) is 3.99. The van der Waals surface area contributed by atoms with Gasteiger partial charge in [0.2, 0.25) is 0 Å². The molecule has 7 nitrogen and oxygen atoms in total. The molecule has 2 heterocycles. The second-order valence-corrected chi connectivity index (χ2v) is 5.39. The summed E-state index contributed by atoms with van der Waals surface area (Å²) in [5, 5.41) is 11.3. The lowest BCUT2D eigenvalue weighted by Gasteiger charge is -2.26. The molecule has 2 aliphatic rings. The molecule has 7 heteroatoms. The molecule has 0 spiro atoms. The molecule has 2 aliphatic heterocycles. The molecule has 0 bridgehead atoms. The van der Waals surface area contributed by atoms with Crippen LogP contribution in [0, 0.1) is 0 Å². The molecular weight excluding hydrogens is 286 g/mol. The Kier molecular flexibility index (Phi) is 3.91. The van der Waals surface area contributed by atoms with E-state index >= 15 is 0 Å². The molecule has 0 aliphatic carbocycles. The molecule has 3 rings (SSSR count). The van der Waals surface area contributed by atoms with Gasteiger partial charge in [0.05, 0.1) is 17.7 Å². The highest BCUT2D eigenvalue weighted by molar-refractivity contribution is 6.22. The molecule has 0 saturated carbocycles. The smallest absolute Gasteiger partial charge is 0.262 e. The van der Waals surface area contributed by atoms with Crippen LogP contribution in [0.25, 0.3) is 0 Å². The number of carbonyl (C=O) groups excluding carboxylic acids is 3. The van der Waals surface area contributed by atoms with Gasteiger partial charge in [0.15, 0.2) is 0 Å². The zero-order chi connectivity index (χ0) is 15.7. The van der Waals surface area contributed by atoms with Crippen LogP contribution in [0.1, 0.15) is 33.6 Å². The standard InChI is InChI=1S/C15H17N3O4/c19-9-12(13(20)16-17-7-3-4-8-17)18-14(21)10-5-1-2-6-11(10)15(18)22/h1-2,5-6,12,19H,3-4,7-9H2,(H,16,20)/t12-/m0/s1. The second kappa shape index (κ2) is 5.86. The Hall–Kier alpha value is -2.25. The third kappa shape index (κ3) is 2.38. The molecule has 1 aromatic rings. The van der Waals surface area contributed by atoms with Crippen LogP contribution in [-0.2, 0) is 4.79 Å². The van der Waals surface area contributed by atoms with E-state index in [4.69, 9.17) is 0 Å². The number of hydrazine groups is 1. The average Bonchev–Trinajstić information content (AvgIpc) is 3.11. The third-order valence-electron chi connectivity index (χ3n) is 3.99. The van der Waals surface area contributed by atoms with Crippen molar-refractivity contribution in [1.82, 2.24) is 15.3 Å². The first-order chi connectivity index (χ1) is 10.6. The number of aliphatic hydroxyl groups excluding tert-OH is 1. The Morgan fingerprint density at radius 2 is 1.68 bits per heavy atom. The minimum atomic E-state index is -1.21. The number of benzene rings is 1. The van der Waals surface area contributed by atoms with Gasteiger partial charge in [-0.05, 0) is 25.0 Å². The number of fused-ring (bicyclic) bond motifs is 1. The Morgan fingerprint density at radius 1 is 1.14 bits per heavy atom. The van der Waals surface area contributed by atoms with Gasteiger partial charge < -0.3 is 5.11 Å². The van der Waals surface area contributed by atoms with Gasteiger partial charge in [0.25, 0.3) is 17.7 Å². The SMILES string of the molecule is O=C(NN1CCCC1)[C@H](CO)N1C(=O)c2ccccc2C1=O. The second-order valence-electron chi connectivity index (χ2n) is 5.39. The van der Waals surface area contributed by atoms with Crippen molar-refractivity contribution in [2.45, 2.75) is 18.9 Å². The van der Waals surface area contributed by atoms with Crippen LogP contribution < -0.4 is 5.43 Å². The van der Waals surface area contributed by atoms with Crippen LogP contribution in [0.15, 0.2) is 24.3 Å². The van der Waals surface area contributed by atoms with E-state index in [1.807, 2.05) is 0 Å². The molecule has 0 unspecified atom stereocenters. The molecule has 0 radical (unpaired) electrons. The fourth-order valence-corrected chi connectivity index (χ4v) is 2.83. The summed E-state index contributed by atoms with van der Waals surface area (Å²) in [4.78, 5) is 37.8. The van der Waals surface area contributed by atoms with Crippen molar-refractivity contribution in [2.75, 3.05) is 19.7 Å². The van der Waals surface area contributed by atoms with E-state index in [2.05, 4.69) is 5.43 Å². The normalized spacial score (nSPS) is 19.4. The number of aliphatic hydroxyl groups is 1. The predicted octanol–water partition coefficient (Wildman–Crippen LogP) is -0.230.